The van der Waals surface area contributed by atoms with E-state index in [0.717, 1.165) is 6.42 Å². The van der Waals surface area contributed by atoms with Crippen molar-refractivity contribution in [3.05, 3.63) is 0 Å². The minimum atomic E-state index is -0.395. The number of hydrogen-bond donors (Lipinski definition) is 3. The predicted molar refractivity (Wildman–Crippen MR) is 49.1 cm³/mol. The molecule has 0 bridgehead atoms. The lowest BCUT2D eigenvalue weighted by Crippen LogP contribution is -2.40. The first-order valence-corrected chi connectivity index (χ1v) is 4.46. The van der Waals surface area contributed by atoms with Gasteiger partial charge >= 0.3 is 0 Å². The van der Waals surface area contributed by atoms with Crippen LogP contribution in [0.15, 0.2) is 0 Å². The van der Waals surface area contributed by atoms with E-state index in [4.69, 9.17) is 5.21 Å². The van der Waals surface area contributed by atoms with Crippen molar-refractivity contribution >= 4 is 0 Å². The van der Waals surface area contributed by atoms with Crippen molar-refractivity contribution in [2.75, 3.05) is 0 Å². The highest BCUT2D eigenvalue weighted by Gasteiger charge is 2.21. The first-order chi connectivity index (χ1) is 5.37. The molecule has 1 atom stereocenters. The molecule has 0 aliphatic carbocycles. The molecule has 0 aromatic carbocycles. The monoisotopic (exact) mass is 175 g/mol. The fraction of sp³-hybridized carbons (Fsp3) is 1.00. The van der Waals surface area contributed by atoms with Gasteiger partial charge in [0.25, 0.3) is 0 Å². The second kappa shape index (κ2) is 4.80. The summed E-state index contributed by atoms with van der Waals surface area (Å²) in [5.74, 6) is 0.495. The molecule has 0 aromatic heterocycles. The predicted octanol–water partition coefficient (Wildman–Crippen LogP) is 1.54. The molecular formula is C9H21NO2. The molecule has 3 nitrogen and oxygen atoms in total. The van der Waals surface area contributed by atoms with Gasteiger partial charge in [-0.25, -0.2) is 0 Å². The molecule has 3 heteroatoms. The largest absolute Gasteiger partial charge is 0.393 e. The van der Waals surface area contributed by atoms with E-state index in [-0.39, 0.29) is 6.10 Å². The molecular weight excluding hydrogens is 154 g/mol. The minimum absolute atomic E-state index is 0.334. The average molecular weight is 175 g/mol. The Hall–Kier alpha value is -0.120. The molecule has 3 N–H and O–H groups in total. The quantitative estimate of drug-likeness (QED) is 0.555. The van der Waals surface area contributed by atoms with Crippen LogP contribution in [-0.2, 0) is 0 Å². The molecule has 0 saturated carbocycles. The molecule has 0 rings (SSSR count). The number of aliphatic hydroxyl groups is 1. The van der Waals surface area contributed by atoms with Crippen LogP contribution in [0.25, 0.3) is 0 Å². The summed E-state index contributed by atoms with van der Waals surface area (Å²) in [4.78, 5) is 0. The van der Waals surface area contributed by atoms with Crippen LogP contribution in [0.1, 0.15) is 40.5 Å². The van der Waals surface area contributed by atoms with E-state index in [9.17, 15) is 5.11 Å². The molecule has 0 amide bonds. The lowest BCUT2D eigenvalue weighted by Gasteiger charge is -2.26. The first kappa shape index (κ1) is 11.9. The molecule has 0 aromatic rings. The van der Waals surface area contributed by atoms with Crippen LogP contribution in [0.4, 0.5) is 0 Å². The zero-order valence-electron chi connectivity index (χ0n) is 8.46. The third-order valence-corrected chi connectivity index (χ3v) is 1.79. The Balaban J connectivity index is 3.75. The van der Waals surface area contributed by atoms with Crippen LogP contribution in [0, 0.1) is 5.92 Å². The van der Waals surface area contributed by atoms with Gasteiger partial charge in [-0.1, -0.05) is 13.8 Å². The van der Waals surface area contributed by atoms with Crippen molar-refractivity contribution in [2.45, 2.75) is 52.2 Å². The summed E-state index contributed by atoms with van der Waals surface area (Å²) in [5, 5.41) is 18.3. The Morgan fingerprint density at radius 2 is 1.83 bits per heavy atom. The van der Waals surface area contributed by atoms with E-state index in [2.05, 4.69) is 19.3 Å². The molecule has 1 unspecified atom stereocenters. The molecule has 0 heterocycles. The minimum Gasteiger partial charge on any atom is -0.393 e. The van der Waals surface area contributed by atoms with Gasteiger partial charge in [0.1, 0.15) is 0 Å². The highest BCUT2D eigenvalue weighted by Crippen LogP contribution is 2.15. The summed E-state index contributed by atoms with van der Waals surface area (Å²) in [6.45, 7) is 7.86. The number of hydroxylamine groups is 1. The highest BCUT2D eigenvalue weighted by molar-refractivity contribution is 4.77. The van der Waals surface area contributed by atoms with Gasteiger partial charge < -0.3 is 10.3 Å². The van der Waals surface area contributed by atoms with E-state index in [1.807, 2.05) is 13.8 Å². The van der Waals surface area contributed by atoms with Gasteiger partial charge in [-0.2, -0.15) is 5.48 Å². The number of hydrogen-bond acceptors (Lipinski definition) is 3. The van der Waals surface area contributed by atoms with Crippen LogP contribution in [0.5, 0.6) is 0 Å². The maximum Gasteiger partial charge on any atom is 0.0560 e. The number of aliphatic hydroxyl groups excluding tert-OH is 1. The van der Waals surface area contributed by atoms with Gasteiger partial charge in [0.15, 0.2) is 0 Å². The Labute approximate surface area is 74.8 Å². The smallest absolute Gasteiger partial charge is 0.0560 e. The van der Waals surface area contributed by atoms with Gasteiger partial charge in [-0.05, 0) is 32.6 Å². The molecule has 74 valence electrons. The molecule has 0 aliphatic rings. The third-order valence-electron chi connectivity index (χ3n) is 1.79. The Morgan fingerprint density at radius 3 is 2.17 bits per heavy atom. The Kier molecular flexibility index (Phi) is 4.75. The van der Waals surface area contributed by atoms with Crippen molar-refractivity contribution in [2.24, 2.45) is 5.92 Å². The van der Waals surface area contributed by atoms with Gasteiger partial charge in [-0.3, -0.25) is 0 Å². The zero-order valence-corrected chi connectivity index (χ0v) is 8.46. The molecule has 0 spiro atoms. The molecule has 0 radical (unpaired) electrons. The summed E-state index contributed by atoms with van der Waals surface area (Å²) in [6, 6.07) is 0. The summed E-state index contributed by atoms with van der Waals surface area (Å²) in [7, 11) is 0. The van der Waals surface area contributed by atoms with Crippen LogP contribution < -0.4 is 5.48 Å². The van der Waals surface area contributed by atoms with E-state index < -0.39 is 5.54 Å². The first-order valence-electron chi connectivity index (χ1n) is 4.46. The van der Waals surface area contributed by atoms with Crippen molar-refractivity contribution < 1.29 is 10.3 Å². The lowest BCUT2D eigenvalue weighted by atomic mass is 9.93. The van der Waals surface area contributed by atoms with Crippen LogP contribution in [0.3, 0.4) is 0 Å². The Morgan fingerprint density at radius 1 is 1.33 bits per heavy atom. The normalized spacial score (nSPS) is 15.2. The maximum atomic E-state index is 9.54. The van der Waals surface area contributed by atoms with Crippen LogP contribution >= 0.6 is 0 Å². The maximum absolute atomic E-state index is 9.54. The van der Waals surface area contributed by atoms with Gasteiger partial charge in [0.2, 0.25) is 0 Å². The van der Waals surface area contributed by atoms with E-state index in [0.29, 0.717) is 12.3 Å². The summed E-state index contributed by atoms with van der Waals surface area (Å²) >= 11 is 0. The van der Waals surface area contributed by atoms with Crippen molar-refractivity contribution in [1.82, 2.24) is 5.48 Å². The molecule has 0 aliphatic heterocycles. The highest BCUT2D eigenvalue weighted by atomic mass is 16.5. The molecule has 0 fully saturated rings. The Bertz CT molecular complexity index is 124. The van der Waals surface area contributed by atoms with Crippen molar-refractivity contribution in [1.29, 1.82) is 0 Å². The second-order valence-corrected chi connectivity index (χ2v) is 4.48. The summed E-state index contributed by atoms with van der Waals surface area (Å²) in [5.41, 5.74) is 1.79. The average Bonchev–Trinajstić information content (AvgIpc) is 1.84. The second-order valence-electron chi connectivity index (χ2n) is 4.48. The van der Waals surface area contributed by atoms with E-state index in [1.165, 1.54) is 0 Å². The zero-order chi connectivity index (χ0) is 9.78. The SMILES string of the molecule is CC(C)CC(O)CC(C)(C)NO. The molecule has 12 heavy (non-hydrogen) atoms. The topological polar surface area (TPSA) is 52.5 Å². The summed E-state index contributed by atoms with van der Waals surface area (Å²) < 4.78 is 0. The van der Waals surface area contributed by atoms with Crippen LogP contribution in [0.2, 0.25) is 0 Å². The number of rotatable bonds is 5. The van der Waals surface area contributed by atoms with Gasteiger partial charge in [0, 0.05) is 5.54 Å². The summed E-state index contributed by atoms with van der Waals surface area (Å²) in [6.07, 6.45) is 1.02. The fourth-order valence-electron chi connectivity index (χ4n) is 1.26. The third kappa shape index (κ3) is 5.52. The van der Waals surface area contributed by atoms with Crippen LogP contribution in [-0.4, -0.2) is 22.0 Å². The molecule has 0 saturated heterocycles. The van der Waals surface area contributed by atoms with E-state index in [1.54, 1.807) is 0 Å². The van der Waals surface area contributed by atoms with Crippen molar-refractivity contribution in [3.8, 4) is 0 Å². The fourth-order valence-corrected chi connectivity index (χ4v) is 1.26. The van der Waals surface area contributed by atoms with Gasteiger partial charge in [0.05, 0.1) is 6.10 Å². The van der Waals surface area contributed by atoms with Gasteiger partial charge in [-0.15, -0.1) is 0 Å². The van der Waals surface area contributed by atoms with E-state index >= 15 is 0 Å². The van der Waals surface area contributed by atoms with Crippen molar-refractivity contribution in [3.63, 3.8) is 0 Å². The number of nitrogens with one attached hydrogen (secondary N) is 1. The standard InChI is InChI=1S/C9H21NO2/c1-7(2)5-8(11)6-9(3,4)10-12/h7-8,10-12H,5-6H2,1-4H3. The lowest BCUT2D eigenvalue weighted by molar-refractivity contribution is 0.0343.